The van der Waals surface area contributed by atoms with Crippen LogP contribution >= 0.6 is 23.2 Å². The predicted octanol–water partition coefficient (Wildman–Crippen LogP) is 1.96. The van der Waals surface area contributed by atoms with Crippen LogP contribution in [0.5, 0.6) is 0 Å². The van der Waals surface area contributed by atoms with E-state index in [1.807, 2.05) is 0 Å². The summed E-state index contributed by atoms with van der Waals surface area (Å²) >= 11 is 11.7. The van der Waals surface area contributed by atoms with Crippen molar-refractivity contribution in [2.75, 3.05) is 23.3 Å². The van der Waals surface area contributed by atoms with Gasteiger partial charge in [-0.25, -0.2) is 13.4 Å². The third kappa shape index (κ3) is 2.81. The van der Waals surface area contributed by atoms with Crippen LogP contribution in [0.15, 0.2) is 6.07 Å². The predicted molar refractivity (Wildman–Crippen MR) is 74.0 cm³/mol. The Hall–Kier alpha value is -0.720. The van der Waals surface area contributed by atoms with E-state index >= 15 is 0 Å². The highest BCUT2D eigenvalue weighted by Gasteiger charge is 2.31. The number of sulfone groups is 1. The molecule has 1 atom stereocenters. The van der Waals surface area contributed by atoms with Crippen LogP contribution in [-0.4, -0.2) is 30.9 Å². The van der Waals surface area contributed by atoms with Gasteiger partial charge >= 0.3 is 0 Å². The quantitative estimate of drug-likeness (QED) is 0.891. The number of halogens is 2. The van der Waals surface area contributed by atoms with Crippen molar-refractivity contribution in [2.45, 2.75) is 18.1 Å². The summed E-state index contributed by atoms with van der Waals surface area (Å²) in [5.41, 5.74) is 5.57. The fourth-order valence-electron chi connectivity index (χ4n) is 1.90. The number of nitrogens with one attached hydrogen (secondary N) is 1. The van der Waals surface area contributed by atoms with Gasteiger partial charge in [0.25, 0.3) is 0 Å². The summed E-state index contributed by atoms with van der Waals surface area (Å²) in [5, 5.41) is 3.14. The van der Waals surface area contributed by atoms with Crippen molar-refractivity contribution in [3.63, 3.8) is 0 Å². The molecule has 1 aliphatic rings. The van der Waals surface area contributed by atoms with E-state index in [4.69, 9.17) is 28.9 Å². The SMILES string of the molecule is Nc1nc(NCC2CCCS2(=O)=O)c(Cl)cc1Cl. The van der Waals surface area contributed by atoms with Gasteiger partial charge in [-0.15, -0.1) is 0 Å². The summed E-state index contributed by atoms with van der Waals surface area (Å²) < 4.78 is 23.3. The molecule has 1 fully saturated rings. The summed E-state index contributed by atoms with van der Waals surface area (Å²) in [4.78, 5) is 3.99. The third-order valence-electron chi connectivity index (χ3n) is 2.92. The van der Waals surface area contributed by atoms with Crippen LogP contribution in [0.3, 0.4) is 0 Å². The van der Waals surface area contributed by atoms with E-state index in [0.29, 0.717) is 23.7 Å². The lowest BCUT2D eigenvalue weighted by molar-refractivity contribution is 0.591. The average Bonchev–Trinajstić information content (AvgIpc) is 2.61. The minimum Gasteiger partial charge on any atom is -0.382 e. The Labute approximate surface area is 116 Å². The van der Waals surface area contributed by atoms with E-state index < -0.39 is 9.84 Å². The number of nitrogen functional groups attached to an aromatic ring is 1. The standard InChI is InChI=1S/C10H13Cl2N3O2S/c11-7-4-8(12)10(15-9(7)13)14-5-6-2-1-3-18(6,16)17/h4,6H,1-3,5H2,(H3,13,14,15). The molecular weight excluding hydrogens is 297 g/mol. The average molecular weight is 310 g/mol. The van der Waals surface area contributed by atoms with Gasteiger partial charge in [0.15, 0.2) is 9.84 Å². The van der Waals surface area contributed by atoms with Gasteiger partial charge in [-0.2, -0.15) is 0 Å². The molecule has 100 valence electrons. The number of pyridine rings is 1. The van der Waals surface area contributed by atoms with E-state index in [2.05, 4.69) is 10.3 Å². The van der Waals surface area contributed by atoms with Crippen molar-refractivity contribution < 1.29 is 8.42 Å². The smallest absolute Gasteiger partial charge is 0.154 e. The van der Waals surface area contributed by atoms with Crippen molar-refractivity contribution in [3.05, 3.63) is 16.1 Å². The molecule has 0 spiro atoms. The number of aromatic nitrogens is 1. The third-order valence-corrected chi connectivity index (χ3v) is 5.78. The zero-order valence-corrected chi connectivity index (χ0v) is 11.8. The molecule has 5 nitrogen and oxygen atoms in total. The van der Waals surface area contributed by atoms with Crippen LogP contribution in [0.2, 0.25) is 10.0 Å². The van der Waals surface area contributed by atoms with Crippen LogP contribution in [0.1, 0.15) is 12.8 Å². The topological polar surface area (TPSA) is 85.1 Å². The van der Waals surface area contributed by atoms with Crippen molar-refractivity contribution in [1.29, 1.82) is 0 Å². The Balaban J connectivity index is 2.09. The van der Waals surface area contributed by atoms with Crippen LogP contribution in [0.25, 0.3) is 0 Å². The first-order valence-corrected chi connectivity index (χ1v) is 7.94. The highest BCUT2D eigenvalue weighted by molar-refractivity contribution is 7.92. The summed E-state index contributed by atoms with van der Waals surface area (Å²) in [6.07, 6.45) is 1.37. The molecule has 0 saturated carbocycles. The first kappa shape index (κ1) is 13.7. The summed E-state index contributed by atoms with van der Waals surface area (Å²) in [7, 11) is -2.98. The second-order valence-electron chi connectivity index (χ2n) is 4.20. The van der Waals surface area contributed by atoms with Crippen LogP contribution in [0, 0.1) is 0 Å². The molecule has 0 amide bonds. The number of rotatable bonds is 3. The minimum atomic E-state index is -2.98. The van der Waals surface area contributed by atoms with Crippen molar-refractivity contribution in [2.24, 2.45) is 0 Å². The molecule has 1 unspecified atom stereocenters. The highest BCUT2D eigenvalue weighted by Crippen LogP contribution is 2.28. The Kier molecular flexibility index (Phi) is 3.89. The first-order chi connectivity index (χ1) is 8.40. The molecular formula is C10H13Cl2N3O2S. The lowest BCUT2D eigenvalue weighted by Gasteiger charge is -2.13. The van der Waals surface area contributed by atoms with Gasteiger partial charge in [0.1, 0.15) is 11.6 Å². The second kappa shape index (κ2) is 5.11. The number of hydrogen-bond acceptors (Lipinski definition) is 5. The van der Waals surface area contributed by atoms with Gasteiger partial charge in [-0.3, -0.25) is 0 Å². The summed E-state index contributed by atoms with van der Waals surface area (Å²) in [6.45, 7) is 0.288. The summed E-state index contributed by atoms with van der Waals surface area (Å²) in [5.74, 6) is 0.780. The Morgan fingerprint density at radius 1 is 1.44 bits per heavy atom. The maximum absolute atomic E-state index is 11.6. The fraction of sp³-hybridized carbons (Fsp3) is 0.500. The van der Waals surface area contributed by atoms with E-state index in [1.165, 1.54) is 6.07 Å². The fourth-order valence-corrected chi connectivity index (χ4v) is 4.09. The van der Waals surface area contributed by atoms with Crippen molar-refractivity contribution in [3.8, 4) is 0 Å². The van der Waals surface area contributed by atoms with Crippen molar-refractivity contribution in [1.82, 2.24) is 4.98 Å². The van der Waals surface area contributed by atoms with E-state index in [9.17, 15) is 8.42 Å². The first-order valence-electron chi connectivity index (χ1n) is 5.47. The molecule has 8 heteroatoms. The van der Waals surface area contributed by atoms with Gasteiger partial charge in [0.2, 0.25) is 0 Å². The minimum absolute atomic E-state index is 0.165. The zero-order chi connectivity index (χ0) is 13.3. The van der Waals surface area contributed by atoms with E-state index in [-0.39, 0.29) is 28.4 Å². The lowest BCUT2D eigenvalue weighted by atomic mass is 10.2. The molecule has 1 aromatic heterocycles. The number of nitrogens with zero attached hydrogens (tertiary/aromatic N) is 1. The maximum atomic E-state index is 11.6. The summed E-state index contributed by atoms with van der Waals surface area (Å²) in [6, 6.07) is 1.48. The lowest BCUT2D eigenvalue weighted by Crippen LogP contribution is -2.25. The Morgan fingerprint density at radius 3 is 2.78 bits per heavy atom. The molecule has 3 N–H and O–H groups in total. The molecule has 0 radical (unpaired) electrons. The van der Waals surface area contributed by atoms with Crippen LogP contribution in [0.4, 0.5) is 11.6 Å². The van der Waals surface area contributed by atoms with Gasteiger partial charge in [0.05, 0.1) is 21.0 Å². The zero-order valence-electron chi connectivity index (χ0n) is 9.49. The molecule has 18 heavy (non-hydrogen) atoms. The monoisotopic (exact) mass is 309 g/mol. The maximum Gasteiger partial charge on any atom is 0.154 e. The van der Waals surface area contributed by atoms with Gasteiger partial charge in [-0.05, 0) is 18.9 Å². The van der Waals surface area contributed by atoms with Crippen LogP contribution < -0.4 is 11.1 Å². The van der Waals surface area contributed by atoms with Crippen molar-refractivity contribution >= 4 is 44.7 Å². The van der Waals surface area contributed by atoms with Crippen LogP contribution in [-0.2, 0) is 9.84 Å². The number of anilines is 2. The molecule has 0 bridgehead atoms. The highest BCUT2D eigenvalue weighted by atomic mass is 35.5. The number of hydrogen-bond donors (Lipinski definition) is 2. The molecule has 0 aromatic carbocycles. The molecule has 0 aliphatic carbocycles. The molecule has 1 saturated heterocycles. The molecule has 2 heterocycles. The van der Waals surface area contributed by atoms with Gasteiger partial charge < -0.3 is 11.1 Å². The number of nitrogens with two attached hydrogens (primary N) is 1. The molecule has 1 aromatic rings. The van der Waals surface area contributed by atoms with Gasteiger partial charge in [0, 0.05) is 6.54 Å². The molecule has 1 aliphatic heterocycles. The largest absolute Gasteiger partial charge is 0.382 e. The van der Waals surface area contributed by atoms with Gasteiger partial charge in [-0.1, -0.05) is 23.2 Å². The molecule has 2 rings (SSSR count). The Morgan fingerprint density at radius 2 is 2.17 bits per heavy atom. The normalized spacial score (nSPS) is 22.0. The second-order valence-corrected chi connectivity index (χ2v) is 7.41. The van der Waals surface area contributed by atoms with E-state index in [0.717, 1.165) is 0 Å². The van der Waals surface area contributed by atoms with E-state index in [1.54, 1.807) is 0 Å². The Bertz CT molecular complexity index is 562.